The molecule has 172 valence electrons. The van der Waals surface area contributed by atoms with Crippen molar-refractivity contribution in [3.8, 4) is 11.6 Å². The third kappa shape index (κ3) is 5.21. The number of para-hydroxylation sites is 1. The highest BCUT2D eigenvalue weighted by Gasteiger charge is 2.14. The molecule has 0 aliphatic heterocycles. The van der Waals surface area contributed by atoms with Gasteiger partial charge in [-0.15, -0.1) is 0 Å². The van der Waals surface area contributed by atoms with Gasteiger partial charge in [0.25, 0.3) is 5.91 Å². The van der Waals surface area contributed by atoms with E-state index < -0.39 is 6.16 Å². The molecule has 4 rings (SSSR count). The number of carboxylic acid groups (broad SMARTS) is 1. The summed E-state index contributed by atoms with van der Waals surface area (Å²) in [5.74, 6) is 0.812. The fourth-order valence-corrected chi connectivity index (χ4v) is 3.42. The van der Waals surface area contributed by atoms with Gasteiger partial charge in [-0.1, -0.05) is 12.1 Å². The van der Waals surface area contributed by atoms with Crippen molar-refractivity contribution in [1.29, 1.82) is 0 Å². The molecule has 0 aliphatic carbocycles. The molecule has 9 heteroatoms. The number of aryl methyl sites for hydroxylation is 1. The molecule has 0 fully saturated rings. The molecule has 0 radical (unpaired) electrons. The van der Waals surface area contributed by atoms with E-state index in [9.17, 15) is 9.59 Å². The number of anilines is 2. The normalized spacial score (nSPS) is 10.5. The van der Waals surface area contributed by atoms with E-state index >= 15 is 0 Å². The summed E-state index contributed by atoms with van der Waals surface area (Å²) in [4.78, 5) is 32.3. The maximum atomic E-state index is 13.1. The molecule has 1 amide bonds. The number of benzene rings is 2. The summed E-state index contributed by atoms with van der Waals surface area (Å²) >= 11 is 0. The predicted octanol–water partition coefficient (Wildman–Crippen LogP) is 4.87. The zero-order chi connectivity index (χ0) is 24.1. The van der Waals surface area contributed by atoms with E-state index in [1.54, 1.807) is 31.4 Å². The van der Waals surface area contributed by atoms with Crippen molar-refractivity contribution in [3.63, 3.8) is 0 Å². The maximum absolute atomic E-state index is 13.1. The maximum Gasteiger partial charge on any atom is 0.512 e. The first kappa shape index (κ1) is 22.5. The number of amides is 1. The number of pyridine rings is 2. The lowest BCUT2D eigenvalue weighted by Gasteiger charge is -2.14. The molecule has 4 aromatic rings. The van der Waals surface area contributed by atoms with Crippen molar-refractivity contribution >= 4 is 34.5 Å². The molecular formula is C25H22N4O5. The van der Waals surface area contributed by atoms with Crippen molar-refractivity contribution in [2.75, 3.05) is 17.7 Å². The minimum Gasteiger partial charge on any atom is -0.497 e. The van der Waals surface area contributed by atoms with Gasteiger partial charge in [-0.2, -0.15) is 0 Å². The molecule has 0 spiro atoms. The average molecular weight is 458 g/mol. The van der Waals surface area contributed by atoms with Crippen LogP contribution < -0.4 is 20.1 Å². The fraction of sp³-hybridized carbons (Fsp3) is 0.120. The summed E-state index contributed by atoms with van der Waals surface area (Å²) in [6, 6.07) is 17.9. The highest BCUT2D eigenvalue weighted by molar-refractivity contribution is 6.08. The van der Waals surface area contributed by atoms with Gasteiger partial charge >= 0.3 is 6.16 Å². The monoisotopic (exact) mass is 458 g/mol. The Kier molecular flexibility index (Phi) is 6.54. The van der Waals surface area contributed by atoms with E-state index in [0.717, 1.165) is 16.5 Å². The fourth-order valence-electron chi connectivity index (χ4n) is 3.42. The molecule has 0 aliphatic rings. The first-order chi connectivity index (χ1) is 16.4. The summed E-state index contributed by atoms with van der Waals surface area (Å²) < 4.78 is 9.86. The lowest BCUT2D eigenvalue weighted by Crippen LogP contribution is -2.16. The molecule has 2 aromatic carbocycles. The van der Waals surface area contributed by atoms with Crippen LogP contribution >= 0.6 is 0 Å². The predicted molar refractivity (Wildman–Crippen MR) is 128 cm³/mol. The third-order valence-electron chi connectivity index (χ3n) is 5.09. The van der Waals surface area contributed by atoms with Crippen LogP contribution in [0.5, 0.6) is 11.6 Å². The Morgan fingerprint density at radius 1 is 1.06 bits per heavy atom. The number of hydrogen-bond donors (Lipinski definition) is 3. The van der Waals surface area contributed by atoms with Crippen LogP contribution in [-0.4, -0.2) is 34.2 Å². The number of carbonyl (C=O) groups is 2. The van der Waals surface area contributed by atoms with E-state index in [2.05, 4.69) is 25.3 Å². The number of nitrogens with one attached hydrogen (secondary N) is 2. The number of methoxy groups -OCH3 is 1. The zero-order valence-electron chi connectivity index (χ0n) is 18.5. The van der Waals surface area contributed by atoms with Crippen LogP contribution in [0.25, 0.3) is 10.9 Å². The molecule has 0 unspecified atom stereocenters. The SMILES string of the molecule is COc1ccc2cc(C)c(NC(=O)c3ccccc3NCc3ccnc(OC(=O)O)c3)nc2c1. The number of nitrogens with zero attached hydrogens (tertiary/aromatic N) is 2. The second kappa shape index (κ2) is 9.86. The lowest BCUT2D eigenvalue weighted by molar-refractivity contribution is 0.102. The highest BCUT2D eigenvalue weighted by atomic mass is 16.7. The van der Waals surface area contributed by atoms with Crippen molar-refractivity contribution < 1.29 is 24.2 Å². The average Bonchev–Trinajstić information content (AvgIpc) is 2.83. The smallest absolute Gasteiger partial charge is 0.497 e. The van der Waals surface area contributed by atoms with Gasteiger partial charge in [-0.05, 0) is 54.4 Å². The summed E-state index contributed by atoms with van der Waals surface area (Å²) in [6.07, 6.45) is 0.0209. The molecule has 3 N–H and O–H groups in total. The largest absolute Gasteiger partial charge is 0.512 e. The minimum absolute atomic E-state index is 0.0210. The highest BCUT2D eigenvalue weighted by Crippen LogP contribution is 2.25. The van der Waals surface area contributed by atoms with E-state index in [-0.39, 0.29) is 11.8 Å². The standard InChI is InChI=1S/C25H22N4O5/c1-15-11-17-7-8-18(33-2)13-21(17)28-23(15)29-24(30)19-5-3-4-6-20(19)27-14-16-9-10-26-22(12-16)34-25(31)32/h3-13,27H,14H2,1-2H3,(H,31,32)(H,28,29,30). The van der Waals surface area contributed by atoms with E-state index in [1.807, 2.05) is 37.3 Å². The quantitative estimate of drug-likeness (QED) is 0.335. The number of rotatable bonds is 7. The molecular weight excluding hydrogens is 436 g/mol. The molecule has 0 atom stereocenters. The molecule has 34 heavy (non-hydrogen) atoms. The minimum atomic E-state index is -1.43. The molecule has 2 heterocycles. The van der Waals surface area contributed by atoms with Gasteiger partial charge in [0.15, 0.2) is 0 Å². The first-order valence-electron chi connectivity index (χ1n) is 10.4. The number of ether oxygens (including phenoxy) is 2. The van der Waals surface area contributed by atoms with Crippen LogP contribution in [0.15, 0.2) is 66.9 Å². The summed E-state index contributed by atoms with van der Waals surface area (Å²) in [7, 11) is 1.59. The Labute approximate surface area is 195 Å². The molecule has 0 bridgehead atoms. The van der Waals surface area contributed by atoms with Crippen molar-refractivity contribution in [2.24, 2.45) is 0 Å². The summed E-state index contributed by atoms with van der Waals surface area (Å²) in [6.45, 7) is 2.21. The van der Waals surface area contributed by atoms with Crippen LogP contribution in [0, 0.1) is 6.92 Å². The van der Waals surface area contributed by atoms with Gasteiger partial charge < -0.3 is 25.2 Å². The van der Waals surface area contributed by atoms with Gasteiger partial charge in [0.05, 0.1) is 18.2 Å². The van der Waals surface area contributed by atoms with Crippen molar-refractivity contribution in [1.82, 2.24) is 9.97 Å². The van der Waals surface area contributed by atoms with Gasteiger partial charge in [-0.25, -0.2) is 14.8 Å². The topological polar surface area (TPSA) is 123 Å². The summed E-state index contributed by atoms with van der Waals surface area (Å²) in [5.41, 5.74) is 3.33. The van der Waals surface area contributed by atoms with Crippen LogP contribution in [0.1, 0.15) is 21.5 Å². The van der Waals surface area contributed by atoms with Crippen LogP contribution in [0.4, 0.5) is 16.3 Å². The second-order valence-electron chi connectivity index (χ2n) is 7.44. The Morgan fingerprint density at radius 2 is 1.88 bits per heavy atom. The molecule has 2 aromatic heterocycles. The van der Waals surface area contributed by atoms with Crippen LogP contribution in [0.3, 0.4) is 0 Å². The molecule has 0 saturated heterocycles. The number of aromatic nitrogens is 2. The molecule has 0 saturated carbocycles. The Hall–Kier alpha value is -4.66. The summed E-state index contributed by atoms with van der Waals surface area (Å²) in [5, 5.41) is 15.8. The lowest BCUT2D eigenvalue weighted by atomic mass is 10.1. The third-order valence-corrected chi connectivity index (χ3v) is 5.09. The van der Waals surface area contributed by atoms with Crippen LogP contribution in [-0.2, 0) is 6.54 Å². The van der Waals surface area contributed by atoms with Crippen molar-refractivity contribution in [2.45, 2.75) is 13.5 Å². The van der Waals surface area contributed by atoms with E-state index in [4.69, 9.17) is 9.84 Å². The first-order valence-corrected chi connectivity index (χ1v) is 10.4. The van der Waals surface area contributed by atoms with E-state index in [0.29, 0.717) is 34.9 Å². The molecule has 9 nitrogen and oxygen atoms in total. The number of fused-ring (bicyclic) bond motifs is 1. The Morgan fingerprint density at radius 3 is 2.68 bits per heavy atom. The number of hydrogen-bond acceptors (Lipinski definition) is 7. The van der Waals surface area contributed by atoms with Gasteiger partial charge in [0.1, 0.15) is 11.6 Å². The van der Waals surface area contributed by atoms with Crippen LogP contribution in [0.2, 0.25) is 0 Å². The Balaban J connectivity index is 1.53. The second-order valence-corrected chi connectivity index (χ2v) is 7.44. The van der Waals surface area contributed by atoms with Gasteiger partial charge in [0, 0.05) is 35.9 Å². The van der Waals surface area contributed by atoms with E-state index in [1.165, 1.54) is 12.3 Å². The van der Waals surface area contributed by atoms with Gasteiger partial charge in [-0.3, -0.25) is 4.79 Å². The number of carbonyl (C=O) groups excluding carboxylic acids is 1. The Bertz CT molecular complexity index is 1370. The van der Waals surface area contributed by atoms with Crippen molar-refractivity contribution in [3.05, 3.63) is 83.6 Å². The van der Waals surface area contributed by atoms with Gasteiger partial charge in [0.2, 0.25) is 5.88 Å². The zero-order valence-corrected chi connectivity index (χ0v) is 18.5.